The van der Waals surface area contributed by atoms with Crippen molar-refractivity contribution in [1.29, 1.82) is 0 Å². The molecule has 0 radical (unpaired) electrons. The summed E-state index contributed by atoms with van der Waals surface area (Å²) in [7, 11) is 3.16. The first-order valence-electron chi connectivity index (χ1n) is 13.3. The fourth-order valence-electron chi connectivity index (χ4n) is 6.07. The van der Waals surface area contributed by atoms with Crippen LogP contribution in [0.1, 0.15) is 74.8 Å². The molecule has 3 aliphatic rings. The number of methoxy groups -OCH3 is 2. The van der Waals surface area contributed by atoms with Gasteiger partial charge < -0.3 is 19.5 Å². The fourth-order valence-corrected chi connectivity index (χ4v) is 6.07. The Hall–Kier alpha value is -3.61. The topological polar surface area (TPSA) is 73.9 Å². The molecule has 38 heavy (non-hydrogen) atoms. The first kappa shape index (κ1) is 26.0. The molecule has 5 rings (SSSR count). The average molecular weight is 520 g/mol. The van der Waals surface area contributed by atoms with Gasteiger partial charge in [0.15, 0.2) is 17.3 Å². The summed E-state index contributed by atoms with van der Waals surface area (Å²) in [6, 6.07) is 12.1. The SMILES string of the molecule is COc1ccc(C2CC(=O)C3=C(C2)NC(C)=C(C(=O)OC2CCCCC2)C3c2ccccc2F)cc1OC. The van der Waals surface area contributed by atoms with Gasteiger partial charge in [0, 0.05) is 29.0 Å². The second-order valence-electron chi connectivity index (χ2n) is 10.3. The highest BCUT2D eigenvalue weighted by Gasteiger charge is 2.42. The van der Waals surface area contributed by atoms with Crippen LogP contribution in [-0.4, -0.2) is 32.1 Å². The van der Waals surface area contributed by atoms with Crippen LogP contribution in [-0.2, 0) is 14.3 Å². The van der Waals surface area contributed by atoms with E-state index in [-0.39, 0.29) is 24.2 Å². The van der Waals surface area contributed by atoms with Gasteiger partial charge in [0.05, 0.1) is 25.7 Å². The molecule has 200 valence electrons. The number of carbonyl (C=O) groups is 2. The molecule has 1 fully saturated rings. The van der Waals surface area contributed by atoms with Gasteiger partial charge in [-0.25, -0.2) is 9.18 Å². The Morgan fingerprint density at radius 2 is 1.71 bits per heavy atom. The van der Waals surface area contributed by atoms with Gasteiger partial charge in [0.25, 0.3) is 0 Å². The van der Waals surface area contributed by atoms with Gasteiger partial charge in [0.2, 0.25) is 0 Å². The Balaban J connectivity index is 1.52. The summed E-state index contributed by atoms with van der Waals surface area (Å²) in [6.07, 6.45) is 5.48. The van der Waals surface area contributed by atoms with Crippen LogP contribution in [0.25, 0.3) is 0 Å². The number of dihydropyridines is 1. The van der Waals surface area contributed by atoms with Gasteiger partial charge >= 0.3 is 5.97 Å². The number of carbonyl (C=O) groups excluding carboxylic acids is 2. The van der Waals surface area contributed by atoms with E-state index in [9.17, 15) is 9.59 Å². The van der Waals surface area contributed by atoms with Crippen LogP contribution in [0.4, 0.5) is 4.39 Å². The standard InChI is InChI=1S/C31H34FNO5/c1-18-28(31(35)38-21-9-5-4-6-10-21)29(22-11-7-8-12-23(22)32)30-24(33-18)15-20(16-25(30)34)19-13-14-26(36-2)27(17-19)37-3/h7-8,11-14,17,20-21,29,33H,4-6,9-10,15-16H2,1-3H3. The monoisotopic (exact) mass is 519 g/mol. The van der Waals surface area contributed by atoms with E-state index in [4.69, 9.17) is 14.2 Å². The molecule has 1 heterocycles. The Labute approximate surface area is 222 Å². The van der Waals surface area contributed by atoms with Crippen molar-refractivity contribution in [1.82, 2.24) is 5.32 Å². The number of hydrogen-bond acceptors (Lipinski definition) is 6. The molecule has 2 aliphatic carbocycles. The molecule has 1 aliphatic heterocycles. The predicted molar refractivity (Wildman–Crippen MR) is 141 cm³/mol. The maximum atomic E-state index is 15.2. The molecule has 0 bridgehead atoms. The highest BCUT2D eigenvalue weighted by Crippen LogP contribution is 2.47. The first-order chi connectivity index (χ1) is 18.4. The number of nitrogens with one attached hydrogen (secondary N) is 1. The van der Waals surface area contributed by atoms with E-state index in [1.807, 2.05) is 18.2 Å². The van der Waals surface area contributed by atoms with Gasteiger partial charge in [-0.15, -0.1) is 0 Å². The molecular formula is C31H34FNO5. The number of ketones is 1. The molecule has 0 amide bonds. The van der Waals surface area contributed by atoms with Crippen molar-refractivity contribution >= 4 is 11.8 Å². The van der Waals surface area contributed by atoms with E-state index < -0.39 is 17.7 Å². The third-order valence-corrected chi connectivity index (χ3v) is 7.97. The first-order valence-corrected chi connectivity index (χ1v) is 13.3. The van der Waals surface area contributed by atoms with Crippen LogP contribution < -0.4 is 14.8 Å². The summed E-state index contributed by atoms with van der Waals surface area (Å²) in [5, 5.41) is 3.35. The Morgan fingerprint density at radius 3 is 2.42 bits per heavy atom. The lowest BCUT2D eigenvalue weighted by Gasteiger charge is -2.37. The quantitative estimate of drug-likeness (QED) is 0.466. The summed E-state index contributed by atoms with van der Waals surface area (Å²) < 4.78 is 32.0. The lowest BCUT2D eigenvalue weighted by molar-refractivity contribution is -0.146. The second kappa shape index (κ2) is 11.0. The van der Waals surface area contributed by atoms with Crippen molar-refractivity contribution in [3.05, 3.63) is 81.9 Å². The Bertz CT molecular complexity index is 1310. The van der Waals surface area contributed by atoms with Gasteiger partial charge in [-0.2, -0.15) is 0 Å². The molecular weight excluding hydrogens is 485 g/mol. The van der Waals surface area contributed by atoms with Crippen LogP contribution in [0, 0.1) is 5.82 Å². The zero-order valence-corrected chi connectivity index (χ0v) is 22.1. The molecule has 0 aromatic heterocycles. The molecule has 6 nitrogen and oxygen atoms in total. The third-order valence-electron chi connectivity index (χ3n) is 7.97. The average Bonchev–Trinajstić information content (AvgIpc) is 2.92. The fraction of sp³-hybridized carbons (Fsp3) is 0.419. The summed E-state index contributed by atoms with van der Waals surface area (Å²) in [5.41, 5.74) is 3.36. The van der Waals surface area contributed by atoms with Gasteiger partial charge in [-0.3, -0.25) is 4.79 Å². The molecule has 2 aromatic carbocycles. The Kier molecular flexibility index (Phi) is 7.54. The number of halogens is 1. The van der Waals surface area contributed by atoms with E-state index in [0.717, 1.165) is 43.4 Å². The number of Topliss-reactive ketones (excluding diaryl/α,β-unsaturated/α-hetero) is 1. The van der Waals surface area contributed by atoms with Crippen molar-refractivity contribution in [3.8, 4) is 11.5 Å². The maximum Gasteiger partial charge on any atom is 0.337 e. The van der Waals surface area contributed by atoms with E-state index in [1.54, 1.807) is 39.3 Å². The minimum Gasteiger partial charge on any atom is -0.493 e. The zero-order valence-electron chi connectivity index (χ0n) is 22.1. The van der Waals surface area contributed by atoms with Crippen molar-refractivity contribution in [2.75, 3.05) is 14.2 Å². The van der Waals surface area contributed by atoms with Crippen LogP contribution in [0.2, 0.25) is 0 Å². The number of rotatable bonds is 6. The van der Waals surface area contributed by atoms with Crippen LogP contribution >= 0.6 is 0 Å². The maximum absolute atomic E-state index is 15.2. The van der Waals surface area contributed by atoms with Gasteiger partial charge in [-0.05, 0) is 68.7 Å². The lowest BCUT2D eigenvalue weighted by atomic mass is 9.71. The number of hydrogen-bond donors (Lipinski definition) is 1. The van der Waals surface area contributed by atoms with Gasteiger partial charge in [-0.1, -0.05) is 30.7 Å². The summed E-state index contributed by atoms with van der Waals surface area (Å²) >= 11 is 0. The zero-order chi connectivity index (χ0) is 26.8. The van der Waals surface area contributed by atoms with Crippen molar-refractivity contribution in [2.24, 2.45) is 0 Å². The summed E-state index contributed by atoms with van der Waals surface area (Å²) in [5.74, 6) is -0.730. The lowest BCUT2D eigenvalue weighted by Crippen LogP contribution is -2.37. The molecule has 0 saturated heterocycles. The highest BCUT2D eigenvalue weighted by molar-refractivity contribution is 6.04. The second-order valence-corrected chi connectivity index (χ2v) is 10.3. The Morgan fingerprint density at radius 1 is 0.974 bits per heavy atom. The van der Waals surface area contributed by atoms with Crippen LogP contribution in [0.5, 0.6) is 11.5 Å². The minimum absolute atomic E-state index is 0.0987. The highest BCUT2D eigenvalue weighted by atomic mass is 19.1. The van der Waals surface area contributed by atoms with Crippen LogP contribution in [0.15, 0.2) is 65.0 Å². The smallest absolute Gasteiger partial charge is 0.337 e. The van der Waals surface area contributed by atoms with Crippen molar-refractivity contribution < 1.29 is 28.2 Å². The number of benzene rings is 2. The van der Waals surface area contributed by atoms with Crippen LogP contribution in [0.3, 0.4) is 0 Å². The third kappa shape index (κ3) is 4.94. The predicted octanol–water partition coefficient (Wildman–Crippen LogP) is 6.08. The van der Waals surface area contributed by atoms with E-state index in [1.165, 1.54) is 6.07 Å². The van der Waals surface area contributed by atoms with E-state index in [0.29, 0.717) is 40.3 Å². The molecule has 1 saturated carbocycles. The van der Waals surface area contributed by atoms with Crippen molar-refractivity contribution in [3.63, 3.8) is 0 Å². The largest absolute Gasteiger partial charge is 0.493 e. The van der Waals surface area contributed by atoms with Crippen molar-refractivity contribution in [2.45, 2.75) is 69.8 Å². The van der Waals surface area contributed by atoms with E-state index in [2.05, 4.69) is 5.32 Å². The summed E-state index contributed by atoms with van der Waals surface area (Å²) in [6.45, 7) is 1.81. The van der Waals surface area contributed by atoms with Gasteiger partial charge in [0.1, 0.15) is 11.9 Å². The molecule has 1 N–H and O–H groups in total. The molecule has 2 atom stereocenters. The number of allylic oxidation sites excluding steroid dienone is 3. The molecule has 2 unspecified atom stereocenters. The molecule has 2 aromatic rings. The minimum atomic E-state index is -0.817. The normalized spacial score (nSPS) is 22.1. The molecule has 7 heteroatoms. The number of esters is 1. The number of ether oxygens (including phenoxy) is 3. The summed E-state index contributed by atoms with van der Waals surface area (Å²) in [4.78, 5) is 27.4. The molecule has 0 spiro atoms. The van der Waals surface area contributed by atoms with E-state index >= 15 is 4.39 Å².